The van der Waals surface area contributed by atoms with Gasteiger partial charge in [0.15, 0.2) is 5.75 Å². The Labute approximate surface area is 179 Å². The van der Waals surface area contributed by atoms with Gasteiger partial charge in [0.1, 0.15) is 0 Å². The molecule has 1 aliphatic rings. The molecule has 7 nitrogen and oxygen atoms in total. The van der Waals surface area contributed by atoms with Crippen molar-refractivity contribution in [3.05, 3.63) is 52.0 Å². The second-order valence-corrected chi connectivity index (χ2v) is 8.95. The Bertz CT molecular complexity index is 967. The summed E-state index contributed by atoms with van der Waals surface area (Å²) in [5.74, 6) is -0.106. The average Bonchev–Trinajstić information content (AvgIpc) is 2.71. The maximum atomic E-state index is 12.6. The minimum atomic E-state index is -3.59. The molecule has 1 N–H and O–H groups in total. The van der Waals surface area contributed by atoms with Crippen molar-refractivity contribution in [1.82, 2.24) is 4.31 Å². The highest BCUT2D eigenvalue weighted by molar-refractivity contribution is 7.89. The lowest BCUT2D eigenvalue weighted by Gasteiger charge is -2.26. The molecular weight excluding hydrogens is 439 g/mol. The van der Waals surface area contributed by atoms with Crippen LogP contribution in [0.25, 0.3) is 0 Å². The lowest BCUT2D eigenvalue weighted by atomic mass is 10.2. The predicted molar refractivity (Wildman–Crippen MR) is 112 cm³/mol. The van der Waals surface area contributed by atoms with Gasteiger partial charge in [0.05, 0.1) is 34.8 Å². The molecule has 1 amide bonds. The third kappa shape index (κ3) is 5.02. The summed E-state index contributed by atoms with van der Waals surface area (Å²) >= 11 is 12.3. The number of carbonyl (C=O) groups excluding carboxylic acids is 1. The van der Waals surface area contributed by atoms with Crippen LogP contribution >= 0.6 is 23.2 Å². The van der Waals surface area contributed by atoms with Crippen LogP contribution in [0.15, 0.2) is 41.3 Å². The molecule has 10 heteroatoms. The van der Waals surface area contributed by atoms with Crippen molar-refractivity contribution >= 4 is 44.8 Å². The van der Waals surface area contributed by atoms with Gasteiger partial charge >= 0.3 is 0 Å². The number of carbonyl (C=O) groups is 1. The number of rotatable bonds is 6. The zero-order valence-corrected chi connectivity index (χ0v) is 18.0. The van der Waals surface area contributed by atoms with Crippen LogP contribution < -0.4 is 10.1 Å². The van der Waals surface area contributed by atoms with Crippen molar-refractivity contribution in [3.8, 4) is 5.75 Å². The molecule has 0 radical (unpaired) electrons. The van der Waals surface area contributed by atoms with E-state index >= 15 is 0 Å². The molecule has 0 saturated carbocycles. The molecule has 0 unspecified atom stereocenters. The molecule has 1 saturated heterocycles. The Morgan fingerprint density at radius 2 is 1.72 bits per heavy atom. The number of morpholine rings is 1. The van der Waals surface area contributed by atoms with Gasteiger partial charge in [0.25, 0.3) is 5.91 Å². The fourth-order valence-electron chi connectivity index (χ4n) is 2.82. The van der Waals surface area contributed by atoms with E-state index in [2.05, 4.69) is 5.32 Å². The Hall–Kier alpha value is -1.84. The molecule has 156 valence electrons. The number of nitrogens with one attached hydrogen (secondary N) is 1. The summed E-state index contributed by atoms with van der Waals surface area (Å²) in [7, 11) is -3.59. The topological polar surface area (TPSA) is 84.9 Å². The van der Waals surface area contributed by atoms with Crippen molar-refractivity contribution in [3.63, 3.8) is 0 Å². The van der Waals surface area contributed by atoms with E-state index in [-0.39, 0.29) is 20.5 Å². The predicted octanol–water partition coefficient (Wildman–Crippen LogP) is 3.67. The number of sulfonamides is 1. The second kappa shape index (κ2) is 9.32. The van der Waals surface area contributed by atoms with Crippen LogP contribution in [0.5, 0.6) is 5.75 Å². The van der Waals surface area contributed by atoms with Crippen LogP contribution in [0.2, 0.25) is 10.0 Å². The van der Waals surface area contributed by atoms with Crippen LogP contribution in [0.1, 0.15) is 17.3 Å². The van der Waals surface area contributed by atoms with Crippen LogP contribution in [0, 0.1) is 0 Å². The molecule has 0 bridgehead atoms. The molecule has 0 atom stereocenters. The van der Waals surface area contributed by atoms with E-state index in [1.54, 1.807) is 6.92 Å². The van der Waals surface area contributed by atoms with Crippen molar-refractivity contribution in [1.29, 1.82) is 0 Å². The van der Waals surface area contributed by atoms with Gasteiger partial charge in [-0.3, -0.25) is 4.79 Å². The van der Waals surface area contributed by atoms with Gasteiger partial charge in [-0.25, -0.2) is 8.42 Å². The first-order chi connectivity index (χ1) is 13.8. The number of halogens is 2. The fraction of sp³-hybridized carbons (Fsp3) is 0.316. The number of benzene rings is 2. The monoisotopic (exact) mass is 458 g/mol. The Balaban J connectivity index is 1.73. The van der Waals surface area contributed by atoms with E-state index in [0.29, 0.717) is 44.3 Å². The van der Waals surface area contributed by atoms with Crippen LogP contribution in [0.3, 0.4) is 0 Å². The summed E-state index contributed by atoms with van der Waals surface area (Å²) in [6.07, 6.45) is 0. The number of ether oxygens (including phenoxy) is 2. The van der Waals surface area contributed by atoms with Gasteiger partial charge in [0, 0.05) is 24.3 Å². The summed E-state index contributed by atoms with van der Waals surface area (Å²) in [4.78, 5) is 12.7. The number of hydrogen-bond acceptors (Lipinski definition) is 5. The summed E-state index contributed by atoms with van der Waals surface area (Å²) in [5.41, 5.74) is 0.700. The molecule has 29 heavy (non-hydrogen) atoms. The first kappa shape index (κ1) is 21.9. The highest BCUT2D eigenvalue weighted by Gasteiger charge is 2.26. The highest BCUT2D eigenvalue weighted by atomic mass is 35.5. The normalized spacial score (nSPS) is 15.1. The number of amides is 1. The molecule has 2 aromatic rings. The molecule has 1 aliphatic heterocycles. The Kier molecular flexibility index (Phi) is 7.02. The first-order valence-corrected chi connectivity index (χ1v) is 11.1. The summed E-state index contributed by atoms with van der Waals surface area (Å²) in [6.45, 7) is 3.59. The SMILES string of the molecule is CCOc1c(Cl)cc(C(=O)Nc2ccc(S(=O)(=O)N3CCOCC3)cc2)cc1Cl. The average molecular weight is 459 g/mol. The summed E-state index contributed by atoms with van der Waals surface area (Å²) < 4.78 is 37.2. The molecule has 1 fully saturated rings. The maximum Gasteiger partial charge on any atom is 0.255 e. The molecular formula is C19H20Cl2N2O5S. The number of nitrogens with zero attached hydrogens (tertiary/aromatic N) is 1. The minimum absolute atomic E-state index is 0.157. The molecule has 2 aromatic carbocycles. The molecule has 0 spiro atoms. The molecule has 0 aliphatic carbocycles. The van der Waals surface area contributed by atoms with Crippen molar-refractivity contribution < 1.29 is 22.7 Å². The number of hydrogen-bond donors (Lipinski definition) is 1. The smallest absolute Gasteiger partial charge is 0.255 e. The van der Waals surface area contributed by atoms with E-state index in [4.69, 9.17) is 32.7 Å². The van der Waals surface area contributed by atoms with Crippen LogP contribution in [-0.2, 0) is 14.8 Å². The van der Waals surface area contributed by atoms with Gasteiger partial charge in [0.2, 0.25) is 10.0 Å². The van der Waals surface area contributed by atoms with Crippen molar-refractivity contribution in [2.45, 2.75) is 11.8 Å². The molecule has 1 heterocycles. The van der Waals surface area contributed by atoms with E-state index in [0.717, 1.165) is 0 Å². The summed E-state index contributed by atoms with van der Waals surface area (Å²) in [6, 6.07) is 8.90. The van der Waals surface area contributed by atoms with Gasteiger partial charge in [-0.05, 0) is 43.3 Å². The maximum absolute atomic E-state index is 12.6. The third-order valence-corrected chi connectivity index (χ3v) is 6.74. The van der Waals surface area contributed by atoms with Crippen LogP contribution in [-0.4, -0.2) is 51.5 Å². The lowest BCUT2D eigenvalue weighted by molar-refractivity contribution is 0.0730. The van der Waals surface area contributed by atoms with E-state index in [1.807, 2.05) is 0 Å². The first-order valence-electron chi connectivity index (χ1n) is 8.94. The largest absolute Gasteiger partial charge is 0.491 e. The highest BCUT2D eigenvalue weighted by Crippen LogP contribution is 2.34. The van der Waals surface area contributed by atoms with Gasteiger partial charge in [-0.1, -0.05) is 23.2 Å². The van der Waals surface area contributed by atoms with Gasteiger partial charge in [-0.15, -0.1) is 0 Å². The Morgan fingerprint density at radius 3 is 2.28 bits per heavy atom. The number of anilines is 1. The van der Waals surface area contributed by atoms with Crippen LogP contribution in [0.4, 0.5) is 5.69 Å². The molecule has 3 rings (SSSR count). The van der Waals surface area contributed by atoms with Gasteiger partial charge in [-0.2, -0.15) is 4.31 Å². The van der Waals surface area contributed by atoms with Gasteiger partial charge < -0.3 is 14.8 Å². The second-order valence-electron chi connectivity index (χ2n) is 6.20. The summed E-state index contributed by atoms with van der Waals surface area (Å²) in [5, 5.41) is 3.16. The Morgan fingerprint density at radius 1 is 1.14 bits per heavy atom. The minimum Gasteiger partial charge on any atom is -0.491 e. The van der Waals surface area contributed by atoms with Crippen molar-refractivity contribution in [2.24, 2.45) is 0 Å². The zero-order chi connectivity index (χ0) is 21.0. The standard InChI is InChI=1S/C19H20Cl2N2O5S/c1-2-28-18-16(20)11-13(12-17(18)21)19(24)22-14-3-5-15(6-4-14)29(25,26)23-7-9-27-10-8-23/h3-6,11-12H,2,7-10H2,1H3,(H,22,24). The van der Waals surface area contributed by atoms with Crippen molar-refractivity contribution in [2.75, 3.05) is 38.2 Å². The lowest BCUT2D eigenvalue weighted by Crippen LogP contribution is -2.40. The quantitative estimate of drug-likeness (QED) is 0.713. The van der Waals surface area contributed by atoms with E-state index < -0.39 is 15.9 Å². The molecule has 0 aromatic heterocycles. The van der Waals surface area contributed by atoms with E-state index in [9.17, 15) is 13.2 Å². The zero-order valence-electron chi connectivity index (χ0n) is 15.7. The fourth-order valence-corrected chi connectivity index (χ4v) is 4.83. The van der Waals surface area contributed by atoms with E-state index in [1.165, 1.54) is 40.7 Å². The third-order valence-electron chi connectivity index (χ3n) is 4.27.